The molecule has 2 aromatic rings. The number of anilines is 1. The molecule has 154 valence electrons. The summed E-state index contributed by atoms with van der Waals surface area (Å²) in [5, 5.41) is 3.71. The third-order valence-corrected chi connectivity index (χ3v) is 6.69. The highest BCUT2D eigenvalue weighted by Crippen LogP contribution is 2.21. The van der Waals surface area contributed by atoms with Crippen LogP contribution in [0.5, 0.6) is 5.75 Å². The average molecular weight is 409 g/mol. The second-order valence-electron chi connectivity index (χ2n) is 6.93. The van der Waals surface area contributed by atoms with E-state index in [9.17, 15) is 8.42 Å². The molecular formula is C19H28N4O4S. The molecule has 0 amide bonds. The highest BCUT2D eigenvalue weighted by Gasteiger charge is 2.24. The maximum absolute atomic E-state index is 12.4. The van der Waals surface area contributed by atoms with Gasteiger partial charge in [-0.25, -0.2) is 13.1 Å². The van der Waals surface area contributed by atoms with Gasteiger partial charge in [0.2, 0.25) is 10.0 Å². The maximum atomic E-state index is 12.4. The molecular weight excluding hydrogens is 380 g/mol. The molecule has 9 heteroatoms. The van der Waals surface area contributed by atoms with Gasteiger partial charge in [-0.05, 0) is 51.1 Å². The highest BCUT2D eigenvalue weighted by molar-refractivity contribution is 7.89. The summed E-state index contributed by atoms with van der Waals surface area (Å²) in [5.41, 5.74) is 1.59. The molecule has 0 aliphatic carbocycles. The molecule has 28 heavy (non-hydrogen) atoms. The molecule has 3 rings (SSSR count). The van der Waals surface area contributed by atoms with E-state index in [1.54, 1.807) is 21.0 Å². The van der Waals surface area contributed by atoms with Gasteiger partial charge < -0.3 is 14.2 Å². The van der Waals surface area contributed by atoms with Crippen molar-refractivity contribution in [2.45, 2.75) is 25.2 Å². The smallest absolute Gasteiger partial charge is 0.245 e. The first-order valence-corrected chi connectivity index (χ1v) is 10.9. The number of hydrogen-bond donors (Lipinski definition) is 1. The molecule has 0 bridgehead atoms. The summed E-state index contributed by atoms with van der Waals surface area (Å²) in [7, 11) is -1.91. The van der Waals surface area contributed by atoms with E-state index in [1.807, 2.05) is 12.1 Å². The third kappa shape index (κ3) is 4.84. The Morgan fingerprint density at radius 1 is 1.14 bits per heavy atom. The largest absolute Gasteiger partial charge is 0.497 e. The van der Waals surface area contributed by atoms with Crippen molar-refractivity contribution < 1.29 is 17.7 Å². The summed E-state index contributed by atoms with van der Waals surface area (Å²) in [6, 6.07) is 8.12. The van der Waals surface area contributed by atoms with E-state index in [0.29, 0.717) is 18.0 Å². The number of benzene rings is 1. The lowest BCUT2D eigenvalue weighted by atomic mass is 10.2. The summed E-state index contributed by atoms with van der Waals surface area (Å²) in [6.45, 7) is 8.33. The fourth-order valence-electron chi connectivity index (χ4n) is 3.46. The number of methoxy groups -OCH3 is 1. The fraction of sp³-hybridized carbons (Fsp3) is 0.526. The van der Waals surface area contributed by atoms with E-state index in [-0.39, 0.29) is 4.90 Å². The van der Waals surface area contributed by atoms with Crippen LogP contribution in [0.15, 0.2) is 33.7 Å². The molecule has 0 saturated carbocycles. The van der Waals surface area contributed by atoms with Crippen molar-refractivity contribution in [1.82, 2.24) is 14.8 Å². The van der Waals surface area contributed by atoms with Crippen molar-refractivity contribution in [3.8, 4) is 5.75 Å². The van der Waals surface area contributed by atoms with Gasteiger partial charge >= 0.3 is 0 Å². The third-order valence-electron chi connectivity index (χ3n) is 4.99. The first kappa shape index (κ1) is 20.6. The van der Waals surface area contributed by atoms with E-state index in [0.717, 1.165) is 44.9 Å². The number of piperazine rings is 1. The van der Waals surface area contributed by atoms with Crippen molar-refractivity contribution >= 4 is 15.7 Å². The molecule has 0 spiro atoms. The minimum absolute atomic E-state index is 0.153. The van der Waals surface area contributed by atoms with Crippen LogP contribution < -0.4 is 14.4 Å². The van der Waals surface area contributed by atoms with E-state index in [2.05, 4.69) is 31.8 Å². The Labute approximate surface area is 166 Å². The standard InChI is InChI=1S/C19H28N4O4S/c1-15-19(16(2)27-21-15)28(24,25)20-9-4-10-22-11-13-23(14-12-22)17-5-7-18(26-3)8-6-17/h5-8,20H,4,9-14H2,1-3H3. The minimum Gasteiger partial charge on any atom is -0.497 e. The van der Waals surface area contributed by atoms with Crippen LogP contribution in [0.4, 0.5) is 5.69 Å². The van der Waals surface area contributed by atoms with Crippen LogP contribution in [0.1, 0.15) is 17.9 Å². The zero-order chi connectivity index (χ0) is 20.1. The summed E-state index contributed by atoms with van der Waals surface area (Å²) in [4.78, 5) is 4.88. The molecule has 1 aliphatic heterocycles. The zero-order valence-electron chi connectivity index (χ0n) is 16.6. The molecule has 1 aliphatic rings. The molecule has 1 fully saturated rings. The van der Waals surface area contributed by atoms with Gasteiger partial charge in [0.25, 0.3) is 0 Å². The van der Waals surface area contributed by atoms with Gasteiger partial charge in [-0.2, -0.15) is 0 Å². The van der Waals surface area contributed by atoms with Gasteiger partial charge in [-0.15, -0.1) is 0 Å². The Kier molecular flexibility index (Phi) is 6.58. The molecule has 1 N–H and O–H groups in total. The van der Waals surface area contributed by atoms with E-state index >= 15 is 0 Å². The summed E-state index contributed by atoms with van der Waals surface area (Å²) >= 11 is 0. The predicted molar refractivity (Wildman–Crippen MR) is 107 cm³/mol. The predicted octanol–water partition coefficient (Wildman–Crippen LogP) is 1.79. The Morgan fingerprint density at radius 3 is 2.39 bits per heavy atom. The zero-order valence-corrected chi connectivity index (χ0v) is 17.5. The number of aryl methyl sites for hydroxylation is 2. The maximum Gasteiger partial charge on any atom is 0.245 e. The van der Waals surface area contributed by atoms with Crippen molar-refractivity contribution in [1.29, 1.82) is 0 Å². The fourth-order valence-corrected chi connectivity index (χ4v) is 4.86. The van der Waals surface area contributed by atoms with Crippen LogP contribution >= 0.6 is 0 Å². The lowest BCUT2D eigenvalue weighted by molar-refractivity contribution is 0.255. The van der Waals surface area contributed by atoms with Crippen molar-refractivity contribution in [3.63, 3.8) is 0 Å². The Hall–Kier alpha value is -2.10. The van der Waals surface area contributed by atoms with E-state index in [4.69, 9.17) is 9.26 Å². The monoisotopic (exact) mass is 408 g/mol. The molecule has 1 saturated heterocycles. The number of aromatic nitrogens is 1. The van der Waals surface area contributed by atoms with Crippen LogP contribution in [0.25, 0.3) is 0 Å². The Balaban J connectivity index is 1.41. The number of nitrogens with zero attached hydrogens (tertiary/aromatic N) is 3. The average Bonchev–Trinajstić information content (AvgIpc) is 3.05. The van der Waals surface area contributed by atoms with Crippen LogP contribution in [0.3, 0.4) is 0 Å². The van der Waals surface area contributed by atoms with Crippen molar-refractivity contribution in [2.75, 3.05) is 51.3 Å². The first-order chi connectivity index (χ1) is 13.4. The number of ether oxygens (including phenoxy) is 1. The van der Waals surface area contributed by atoms with Gasteiger partial charge in [0.1, 0.15) is 16.3 Å². The number of hydrogen-bond acceptors (Lipinski definition) is 7. The molecule has 0 atom stereocenters. The van der Waals surface area contributed by atoms with Crippen LogP contribution in [-0.2, 0) is 10.0 Å². The molecule has 2 heterocycles. The lowest BCUT2D eigenvalue weighted by Crippen LogP contribution is -2.47. The quantitative estimate of drug-likeness (QED) is 0.666. The second-order valence-corrected chi connectivity index (χ2v) is 8.64. The number of rotatable bonds is 8. The molecule has 1 aromatic carbocycles. The van der Waals surface area contributed by atoms with Gasteiger partial charge in [-0.1, -0.05) is 5.16 Å². The summed E-state index contributed by atoms with van der Waals surface area (Å²) in [6.07, 6.45) is 0.755. The lowest BCUT2D eigenvalue weighted by Gasteiger charge is -2.36. The molecule has 1 aromatic heterocycles. The van der Waals surface area contributed by atoms with Crippen LogP contribution in [-0.4, -0.2) is 64.9 Å². The SMILES string of the molecule is COc1ccc(N2CCN(CCCNS(=O)(=O)c3c(C)noc3C)CC2)cc1. The molecule has 0 radical (unpaired) electrons. The van der Waals surface area contributed by atoms with Gasteiger partial charge in [-0.3, -0.25) is 4.90 Å². The normalized spacial score (nSPS) is 15.8. The topological polar surface area (TPSA) is 87.9 Å². The Morgan fingerprint density at radius 2 is 1.82 bits per heavy atom. The molecule has 8 nitrogen and oxygen atoms in total. The summed E-state index contributed by atoms with van der Waals surface area (Å²) in [5.74, 6) is 1.18. The second kappa shape index (κ2) is 8.93. The number of nitrogens with one attached hydrogen (secondary N) is 1. The van der Waals surface area contributed by atoms with Gasteiger partial charge in [0, 0.05) is 38.4 Å². The number of sulfonamides is 1. The minimum atomic E-state index is -3.58. The van der Waals surface area contributed by atoms with E-state index < -0.39 is 10.0 Å². The highest BCUT2D eigenvalue weighted by atomic mass is 32.2. The summed E-state index contributed by atoms with van der Waals surface area (Å²) < 4.78 is 37.6. The van der Waals surface area contributed by atoms with Gasteiger partial charge in [0.15, 0.2) is 5.76 Å². The van der Waals surface area contributed by atoms with Crippen LogP contribution in [0, 0.1) is 13.8 Å². The van der Waals surface area contributed by atoms with Crippen molar-refractivity contribution in [2.24, 2.45) is 0 Å². The molecule has 0 unspecified atom stereocenters. The van der Waals surface area contributed by atoms with Crippen LogP contribution in [0.2, 0.25) is 0 Å². The van der Waals surface area contributed by atoms with Crippen molar-refractivity contribution in [3.05, 3.63) is 35.7 Å². The first-order valence-electron chi connectivity index (χ1n) is 9.44. The van der Waals surface area contributed by atoms with E-state index in [1.165, 1.54) is 5.69 Å². The Bertz CT molecular complexity index is 852. The van der Waals surface area contributed by atoms with Gasteiger partial charge in [0.05, 0.1) is 7.11 Å².